The molecule has 0 saturated heterocycles. The molecule has 0 bridgehead atoms. The summed E-state index contributed by atoms with van der Waals surface area (Å²) in [4.78, 5) is 13.5. The van der Waals surface area contributed by atoms with E-state index in [2.05, 4.69) is 39.6 Å². The Bertz CT molecular complexity index is 666. The van der Waals surface area contributed by atoms with Crippen LogP contribution in [0.4, 0.5) is 5.95 Å². The largest absolute Gasteiger partial charge is 0.493 e. The zero-order chi connectivity index (χ0) is 15.1. The van der Waals surface area contributed by atoms with Gasteiger partial charge in [0.05, 0.1) is 12.8 Å². The average molecular weight is 287 g/mol. The number of rotatable bonds is 6. The monoisotopic (exact) mass is 287 g/mol. The first kappa shape index (κ1) is 14.7. The molecule has 0 aliphatic carbocycles. The first-order valence-corrected chi connectivity index (χ1v) is 6.57. The lowest BCUT2D eigenvalue weighted by Gasteiger charge is -2.08. The molecule has 0 aliphatic heterocycles. The van der Waals surface area contributed by atoms with Crippen molar-refractivity contribution < 1.29 is 4.74 Å². The smallest absolute Gasteiger partial charge is 0.271 e. The molecule has 0 radical (unpaired) electrons. The van der Waals surface area contributed by atoms with Gasteiger partial charge in [0, 0.05) is 0 Å². The molecule has 7 nitrogen and oxygen atoms in total. The first-order valence-electron chi connectivity index (χ1n) is 6.57. The van der Waals surface area contributed by atoms with Crippen LogP contribution in [0.5, 0.6) is 5.75 Å². The Kier molecular flexibility index (Phi) is 5.03. The van der Waals surface area contributed by atoms with Gasteiger partial charge in [-0.15, -0.1) is 10.2 Å². The number of nitrogens with one attached hydrogen (secondary N) is 2. The molecule has 2 N–H and O–H groups in total. The van der Waals surface area contributed by atoms with Crippen molar-refractivity contribution in [2.24, 2.45) is 11.0 Å². The lowest BCUT2D eigenvalue weighted by molar-refractivity contribution is 0.271. The van der Waals surface area contributed by atoms with Crippen molar-refractivity contribution in [1.82, 2.24) is 15.2 Å². The normalized spacial score (nSPS) is 11.0. The number of ether oxygens (including phenoxy) is 1. The Morgan fingerprint density at radius 3 is 3.10 bits per heavy atom. The lowest BCUT2D eigenvalue weighted by Crippen LogP contribution is -2.10. The zero-order valence-corrected chi connectivity index (χ0v) is 11.9. The van der Waals surface area contributed by atoms with Crippen LogP contribution in [0.1, 0.15) is 19.4 Å². The lowest BCUT2D eigenvalue weighted by atomic mass is 10.2. The minimum atomic E-state index is -0.341. The fourth-order valence-electron chi connectivity index (χ4n) is 1.48. The van der Waals surface area contributed by atoms with Gasteiger partial charge in [-0.1, -0.05) is 26.0 Å². The molecule has 1 aromatic carbocycles. The highest BCUT2D eigenvalue weighted by Crippen LogP contribution is 2.13. The second kappa shape index (κ2) is 7.18. The number of aromatic amines is 1. The number of hydrogen-bond acceptors (Lipinski definition) is 6. The third-order valence-electron chi connectivity index (χ3n) is 2.40. The Hall–Kier alpha value is -2.70. The summed E-state index contributed by atoms with van der Waals surface area (Å²) in [7, 11) is 0. The molecule has 1 heterocycles. The second-order valence-electron chi connectivity index (χ2n) is 4.83. The van der Waals surface area contributed by atoms with Crippen molar-refractivity contribution >= 4 is 12.2 Å². The Labute approximate surface area is 122 Å². The maximum absolute atomic E-state index is 11.0. The van der Waals surface area contributed by atoms with Crippen molar-refractivity contribution in [3.05, 3.63) is 46.4 Å². The predicted octanol–water partition coefficient (Wildman–Crippen LogP) is 1.65. The Balaban J connectivity index is 1.97. The predicted molar refractivity (Wildman–Crippen MR) is 80.6 cm³/mol. The van der Waals surface area contributed by atoms with E-state index in [9.17, 15) is 4.79 Å². The van der Waals surface area contributed by atoms with Gasteiger partial charge in [-0.3, -0.25) is 9.78 Å². The van der Waals surface area contributed by atoms with E-state index in [1.165, 1.54) is 0 Å². The fraction of sp³-hybridized carbons (Fsp3) is 0.286. The van der Waals surface area contributed by atoms with Crippen LogP contribution in [0, 0.1) is 5.92 Å². The van der Waals surface area contributed by atoms with Crippen molar-refractivity contribution in [1.29, 1.82) is 0 Å². The summed E-state index contributed by atoms with van der Waals surface area (Å²) in [5.41, 5.74) is 3.13. The van der Waals surface area contributed by atoms with Gasteiger partial charge in [0.2, 0.25) is 5.95 Å². The molecule has 0 atom stereocenters. The van der Waals surface area contributed by atoms with Crippen LogP contribution in [0.15, 0.2) is 40.4 Å². The summed E-state index contributed by atoms with van der Waals surface area (Å²) in [5.74, 6) is 1.45. The van der Waals surface area contributed by atoms with Gasteiger partial charge < -0.3 is 4.74 Å². The maximum atomic E-state index is 11.0. The summed E-state index contributed by atoms with van der Waals surface area (Å²) in [5, 5.41) is 11.2. The van der Waals surface area contributed by atoms with Crippen molar-refractivity contribution in [2.45, 2.75) is 13.8 Å². The standard InChI is InChI=1S/C14H17N5O2/c1-10(2)9-21-12-5-3-4-11(6-12)7-15-18-14-17-13(20)8-16-19-14/h3-8,10H,9H2,1-2H3,(H2,17,18,19,20)/b15-7+. The van der Waals surface area contributed by atoms with E-state index in [0.29, 0.717) is 12.5 Å². The van der Waals surface area contributed by atoms with Crippen LogP contribution in [0.25, 0.3) is 0 Å². The summed E-state index contributed by atoms with van der Waals surface area (Å²) < 4.78 is 5.64. The number of hydrogen-bond donors (Lipinski definition) is 2. The number of benzene rings is 1. The molecule has 110 valence electrons. The van der Waals surface area contributed by atoms with Crippen LogP contribution in [0.2, 0.25) is 0 Å². The third-order valence-corrected chi connectivity index (χ3v) is 2.40. The van der Waals surface area contributed by atoms with Crippen molar-refractivity contribution in [2.75, 3.05) is 12.0 Å². The average Bonchev–Trinajstić information content (AvgIpc) is 2.46. The number of hydrazone groups is 1. The van der Waals surface area contributed by atoms with Gasteiger partial charge >= 0.3 is 0 Å². The number of aromatic nitrogens is 3. The van der Waals surface area contributed by atoms with E-state index < -0.39 is 0 Å². The minimum absolute atomic E-state index is 0.186. The summed E-state index contributed by atoms with van der Waals surface area (Å²) >= 11 is 0. The minimum Gasteiger partial charge on any atom is -0.493 e. The van der Waals surface area contributed by atoms with Gasteiger partial charge in [0.1, 0.15) is 11.9 Å². The summed E-state index contributed by atoms with van der Waals surface area (Å²) in [6.07, 6.45) is 2.69. The molecule has 0 spiro atoms. The van der Waals surface area contributed by atoms with Crippen LogP contribution >= 0.6 is 0 Å². The van der Waals surface area contributed by atoms with Gasteiger partial charge in [0.15, 0.2) is 0 Å². The molecular weight excluding hydrogens is 270 g/mol. The third kappa shape index (κ3) is 5.06. The molecule has 7 heteroatoms. The highest BCUT2D eigenvalue weighted by Gasteiger charge is 1.98. The molecule has 1 aromatic heterocycles. The fourth-order valence-corrected chi connectivity index (χ4v) is 1.48. The second-order valence-corrected chi connectivity index (χ2v) is 4.83. The highest BCUT2D eigenvalue weighted by atomic mass is 16.5. The van der Waals surface area contributed by atoms with Crippen LogP contribution in [-0.4, -0.2) is 28.0 Å². The first-order chi connectivity index (χ1) is 10.1. The Morgan fingerprint density at radius 1 is 1.48 bits per heavy atom. The Morgan fingerprint density at radius 2 is 2.33 bits per heavy atom. The number of H-pyrrole nitrogens is 1. The molecule has 0 amide bonds. The van der Waals surface area contributed by atoms with Gasteiger partial charge in [0.25, 0.3) is 5.56 Å². The maximum Gasteiger partial charge on any atom is 0.271 e. The van der Waals surface area contributed by atoms with Gasteiger partial charge in [-0.2, -0.15) is 5.10 Å². The summed E-state index contributed by atoms with van der Waals surface area (Å²) in [6, 6.07) is 7.56. The van der Waals surface area contributed by atoms with Crippen molar-refractivity contribution in [3.8, 4) is 5.75 Å². The van der Waals surface area contributed by atoms with E-state index in [4.69, 9.17) is 4.74 Å². The molecule has 2 aromatic rings. The van der Waals surface area contributed by atoms with Crippen LogP contribution in [0.3, 0.4) is 0 Å². The van der Waals surface area contributed by atoms with Crippen LogP contribution in [-0.2, 0) is 0 Å². The van der Waals surface area contributed by atoms with Gasteiger partial charge in [-0.25, -0.2) is 5.43 Å². The highest BCUT2D eigenvalue weighted by molar-refractivity contribution is 5.80. The van der Waals surface area contributed by atoms with E-state index in [-0.39, 0.29) is 11.5 Å². The van der Waals surface area contributed by atoms with E-state index in [1.807, 2.05) is 24.3 Å². The van der Waals surface area contributed by atoms with Crippen molar-refractivity contribution in [3.63, 3.8) is 0 Å². The molecular formula is C14H17N5O2. The zero-order valence-electron chi connectivity index (χ0n) is 11.9. The summed E-state index contributed by atoms with van der Waals surface area (Å²) in [6.45, 7) is 4.85. The molecule has 0 aliphatic rings. The number of nitrogens with zero attached hydrogens (tertiary/aromatic N) is 3. The molecule has 21 heavy (non-hydrogen) atoms. The topological polar surface area (TPSA) is 92.3 Å². The molecule has 0 fully saturated rings. The number of anilines is 1. The van der Waals surface area contributed by atoms with Crippen LogP contribution < -0.4 is 15.7 Å². The van der Waals surface area contributed by atoms with E-state index >= 15 is 0 Å². The van der Waals surface area contributed by atoms with E-state index in [1.54, 1.807) is 6.21 Å². The quantitative estimate of drug-likeness (QED) is 0.622. The van der Waals surface area contributed by atoms with Gasteiger partial charge in [-0.05, 0) is 23.6 Å². The van der Waals surface area contributed by atoms with E-state index in [0.717, 1.165) is 17.5 Å². The molecule has 0 unspecified atom stereocenters. The SMILES string of the molecule is CC(C)COc1cccc(/C=N/Nc2nncc(=O)[nH]2)c1. The molecule has 0 saturated carbocycles. The molecule has 2 rings (SSSR count).